The van der Waals surface area contributed by atoms with Crippen LogP contribution in [0.5, 0.6) is 0 Å². The fraction of sp³-hybridized carbons (Fsp3) is 0.556. The molecule has 1 aromatic heterocycles. The van der Waals surface area contributed by atoms with E-state index in [1.807, 2.05) is 11.4 Å². The topological polar surface area (TPSA) is 29.3 Å². The van der Waals surface area contributed by atoms with Crippen molar-refractivity contribution in [2.24, 2.45) is 5.73 Å². The Labute approximate surface area is 87.3 Å². The lowest BCUT2D eigenvalue weighted by Crippen LogP contribution is -2.25. The summed E-state index contributed by atoms with van der Waals surface area (Å²) in [6.07, 6.45) is 1.12. The van der Waals surface area contributed by atoms with Gasteiger partial charge in [0, 0.05) is 35.9 Å². The van der Waals surface area contributed by atoms with E-state index in [2.05, 4.69) is 4.90 Å². The molecule has 1 aliphatic rings. The van der Waals surface area contributed by atoms with Crippen molar-refractivity contribution in [1.29, 1.82) is 0 Å². The van der Waals surface area contributed by atoms with Crippen LogP contribution in [0.1, 0.15) is 11.3 Å². The molecular formula is C9H13ClN2S. The van der Waals surface area contributed by atoms with Crippen LogP contribution in [-0.2, 0) is 6.54 Å². The SMILES string of the molecule is N[C@@H]1CCN(Cc2cc(Cl)cs2)C1. The number of likely N-dealkylation sites (tertiary alicyclic amines) is 1. The van der Waals surface area contributed by atoms with E-state index in [1.165, 1.54) is 4.88 Å². The van der Waals surface area contributed by atoms with E-state index >= 15 is 0 Å². The van der Waals surface area contributed by atoms with Gasteiger partial charge >= 0.3 is 0 Å². The second-order valence-electron chi connectivity index (χ2n) is 3.52. The van der Waals surface area contributed by atoms with E-state index in [-0.39, 0.29) is 0 Å². The fourth-order valence-electron chi connectivity index (χ4n) is 1.66. The first-order valence-electron chi connectivity index (χ1n) is 4.45. The van der Waals surface area contributed by atoms with Gasteiger partial charge in [0.05, 0.1) is 5.02 Å². The summed E-state index contributed by atoms with van der Waals surface area (Å²) in [5.74, 6) is 0. The van der Waals surface area contributed by atoms with Crippen LogP contribution in [0.4, 0.5) is 0 Å². The normalized spacial score (nSPS) is 24.0. The van der Waals surface area contributed by atoms with E-state index in [0.717, 1.165) is 31.1 Å². The van der Waals surface area contributed by atoms with Crippen LogP contribution in [0.25, 0.3) is 0 Å². The minimum Gasteiger partial charge on any atom is -0.326 e. The molecule has 0 aliphatic carbocycles. The van der Waals surface area contributed by atoms with Crippen LogP contribution >= 0.6 is 22.9 Å². The molecule has 1 saturated heterocycles. The van der Waals surface area contributed by atoms with E-state index in [4.69, 9.17) is 17.3 Å². The zero-order chi connectivity index (χ0) is 9.26. The summed E-state index contributed by atoms with van der Waals surface area (Å²) in [7, 11) is 0. The van der Waals surface area contributed by atoms with Crippen molar-refractivity contribution < 1.29 is 0 Å². The van der Waals surface area contributed by atoms with Gasteiger partial charge in [-0.15, -0.1) is 11.3 Å². The molecule has 2 nitrogen and oxygen atoms in total. The average Bonchev–Trinajstić information content (AvgIpc) is 2.62. The molecule has 72 valence electrons. The summed E-state index contributed by atoms with van der Waals surface area (Å²) in [6.45, 7) is 3.15. The summed E-state index contributed by atoms with van der Waals surface area (Å²) >= 11 is 7.56. The molecule has 0 bridgehead atoms. The number of hydrogen-bond acceptors (Lipinski definition) is 3. The summed E-state index contributed by atoms with van der Waals surface area (Å²) in [4.78, 5) is 3.71. The monoisotopic (exact) mass is 216 g/mol. The molecule has 1 fully saturated rings. The van der Waals surface area contributed by atoms with E-state index in [0.29, 0.717) is 6.04 Å². The summed E-state index contributed by atoms with van der Waals surface area (Å²) in [5.41, 5.74) is 5.82. The van der Waals surface area contributed by atoms with Crippen LogP contribution in [-0.4, -0.2) is 24.0 Å². The quantitative estimate of drug-likeness (QED) is 0.819. The molecule has 0 unspecified atom stereocenters. The van der Waals surface area contributed by atoms with Crippen LogP contribution in [0.2, 0.25) is 5.02 Å². The van der Waals surface area contributed by atoms with Gasteiger partial charge in [-0.2, -0.15) is 0 Å². The summed E-state index contributed by atoms with van der Waals surface area (Å²) < 4.78 is 0. The van der Waals surface area contributed by atoms with Gasteiger partial charge in [0.25, 0.3) is 0 Å². The number of rotatable bonds is 2. The molecule has 2 heterocycles. The standard InChI is InChI=1S/C9H13ClN2S/c10-7-3-9(13-6-7)5-12-2-1-8(11)4-12/h3,6,8H,1-2,4-5,11H2/t8-/m1/s1. The number of nitrogens with zero attached hydrogens (tertiary/aromatic N) is 1. The van der Waals surface area contributed by atoms with Crippen molar-refractivity contribution in [3.63, 3.8) is 0 Å². The molecule has 0 aromatic carbocycles. The summed E-state index contributed by atoms with van der Waals surface area (Å²) in [5, 5.41) is 2.83. The van der Waals surface area contributed by atoms with Crippen molar-refractivity contribution in [2.45, 2.75) is 19.0 Å². The molecule has 0 amide bonds. The van der Waals surface area contributed by atoms with Crippen LogP contribution in [0.3, 0.4) is 0 Å². The fourth-order valence-corrected chi connectivity index (χ4v) is 2.78. The largest absolute Gasteiger partial charge is 0.326 e. The maximum atomic E-state index is 5.84. The first kappa shape index (κ1) is 9.46. The Morgan fingerprint density at radius 1 is 1.69 bits per heavy atom. The minimum atomic E-state index is 0.371. The second-order valence-corrected chi connectivity index (χ2v) is 4.95. The molecule has 2 rings (SSSR count). The first-order valence-corrected chi connectivity index (χ1v) is 5.70. The predicted molar refractivity (Wildman–Crippen MR) is 57.2 cm³/mol. The Morgan fingerprint density at radius 3 is 3.08 bits per heavy atom. The van der Waals surface area contributed by atoms with Gasteiger partial charge in [-0.25, -0.2) is 0 Å². The maximum absolute atomic E-state index is 5.84. The number of hydrogen-bond donors (Lipinski definition) is 1. The highest BCUT2D eigenvalue weighted by Gasteiger charge is 2.19. The molecular weight excluding hydrogens is 204 g/mol. The van der Waals surface area contributed by atoms with E-state index < -0.39 is 0 Å². The Morgan fingerprint density at radius 2 is 2.54 bits per heavy atom. The Balaban J connectivity index is 1.91. The highest BCUT2D eigenvalue weighted by atomic mass is 35.5. The average molecular weight is 217 g/mol. The van der Waals surface area contributed by atoms with Crippen molar-refractivity contribution in [3.05, 3.63) is 21.3 Å². The zero-order valence-corrected chi connectivity index (χ0v) is 8.94. The zero-order valence-electron chi connectivity index (χ0n) is 7.37. The smallest absolute Gasteiger partial charge is 0.0516 e. The highest BCUT2D eigenvalue weighted by Crippen LogP contribution is 2.21. The third-order valence-corrected chi connectivity index (χ3v) is 3.58. The van der Waals surface area contributed by atoms with Crippen molar-refractivity contribution in [1.82, 2.24) is 4.90 Å². The predicted octanol–water partition coefficient (Wildman–Crippen LogP) is 1.93. The van der Waals surface area contributed by atoms with Gasteiger partial charge in [0.15, 0.2) is 0 Å². The molecule has 0 radical (unpaired) electrons. The van der Waals surface area contributed by atoms with Gasteiger partial charge in [0.2, 0.25) is 0 Å². The minimum absolute atomic E-state index is 0.371. The summed E-state index contributed by atoms with van der Waals surface area (Å²) in [6, 6.07) is 2.41. The molecule has 0 spiro atoms. The van der Waals surface area contributed by atoms with Crippen LogP contribution in [0, 0.1) is 0 Å². The van der Waals surface area contributed by atoms with E-state index in [9.17, 15) is 0 Å². The number of nitrogens with two attached hydrogens (primary N) is 1. The maximum Gasteiger partial charge on any atom is 0.0516 e. The molecule has 4 heteroatoms. The molecule has 1 aromatic rings. The van der Waals surface area contributed by atoms with Gasteiger partial charge in [0.1, 0.15) is 0 Å². The van der Waals surface area contributed by atoms with Gasteiger partial charge < -0.3 is 5.73 Å². The lowest BCUT2D eigenvalue weighted by molar-refractivity contribution is 0.330. The highest BCUT2D eigenvalue weighted by molar-refractivity contribution is 7.10. The van der Waals surface area contributed by atoms with Crippen molar-refractivity contribution >= 4 is 22.9 Å². The van der Waals surface area contributed by atoms with Gasteiger partial charge in [-0.1, -0.05) is 11.6 Å². The van der Waals surface area contributed by atoms with Crippen molar-refractivity contribution in [2.75, 3.05) is 13.1 Å². The van der Waals surface area contributed by atoms with E-state index in [1.54, 1.807) is 11.3 Å². The van der Waals surface area contributed by atoms with Crippen LogP contribution in [0.15, 0.2) is 11.4 Å². The Hall–Kier alpha value is -0.0900. The third kappa shape index (κ3) is 2.44. The van der Waals surface area contributed by atoms with Crippen molar-refractivity contribution in [3.8, 4) is 0 Å². The molecule has 1 aliphatic heterocycles. The Bertz CT molecular complexity index is 287. The lowest BCUT2D eigenvalue weighted by atomic mass is 10.3. The molecule has 2 N–H and O–H groups in total. The second kappa shape index (κ2) is 3.96. The lowest BCUT2D eigenvalue weighted by Gasteiger charge is -2.12. The first-order chi connectivity index (χ1) is 6.24. The molecule has 13 heavy (non-hydrogen) atoms. The Kier molecular flexibility index (Phi) is 2.89. The van der Waals surface area contributed by atoms with Gasteiger partial charge in [-0.05, 0) is 12.5 Å². The van der Waals surface area contributed by atoms with Gasteiger partial charge in [-0.3, -0.25) is 4.90 Å². The van der Waals surface area contributed by atoms with Crippen LogP contribution < -0.4 is 5.73 Å². The third-order valence-electron chi connectivity index (χ3n) is 2.31. The number of halogens is 1. The number of thiophene rings is 1. The molecule has 1 atom stereocenters. The molecule has 0 saturated carbocycles.